The van der Waals surface area contributed by atoms with E-state index in [1.54, 1.807) is 0 Å². The van der Waals surface area contributed by atoms with Gasteiger partial charge in [0.1, 0.15) is 0 Å². The Kier molecular flexibility index (Phi) is 7.34. The van der Waals surface area contributed by atoms with Gasteiger partial charge in [0.05, 0.1) is 5.54 Å². The zero-order chi connectivity index (χ0) is 12.6. The van der Waals surface area contributed by atoms with Crippen LogP contribution < -0.4 is 11.1 Å². The first-order chi connectivity index (χ1) is 7.50. The van der Waals surface area contributed by atoms with Gasteiger partial charge in [-0.2, -0.15) is 0 Å². The van der Waals surface area contributed by atoms with Crippen molar-refractivity contribution in [2.75, 3.05) is 26.2 Å². The van der Waals surface area contributed by atoms with E-state index in [1.807, 2.05) is 6.92 Å². The van der Waals surface area contributed by atoms with Crippen LogP contribution in [-0.2, 0) is 4.79 Å². The van der Waals surface area contributed by atoms with Crippen molar-refractivity contribution < 1.29 is 4.79 Å². The number of rotatable bonds is 9. The van der Waals surface area contributed by atoms with E-state index in [9.17, 15) is 4.79 Å². The highest BCUT2D eigenvalue weighted by Gasteiger charge is 2.28. The van der Waals surface area contributed by atoms with E-state index in [0.717, 1.165) is 39.0 Å². The van der Waals surface area contributed by atoms with Gasteiger partial charge < -0.3 is 16.0 Å². The highest BCUT2D eigenvalue weighted by molar-refractivity contribution is 5.84. The zero-order valence-corrected chi connectivity index (χ0v) is 11.2. The predicted molar refractivity (Wildman–Crippen MR) is 68.3 cm³/mol. The number of hydrogen-bond donors (Lipinski definition) is 2. The van der Waals surface area contributed by atoms with Gasteiger partial charge in [0.15, 0.2) is 0 Å². The Labute approximate surface area is 99.6 Å². The molecule has 0 spiro atoms. The molecule has 0 aliphatic heterocycles. The maximum Gasteiger partial charge on any atom is 0.237 e. The van der Waals surface area contributed by atoms with Gasteiger partial charge in [-0.1, -0.05) is 27.2 Å². The third-order valence-electron chi connectivity index (χ3n) is 3.13. The summed E-state index contributed by atoms with van der Waals surface area (Å²) in [7, 11) is 0. The predicted octanol–water partition coefficient (Wildman–Crippen LogP) is 0.962. The lowest BCUT2D eigenvalue weighted by Gasteiger charge is -2.28. The van der Waals surface area contributed by atoms with E-state index in [-0.39, 0.29) is 5.91 Å². The molecule has 96 valence electrons. The first kappa shape index (κ1) is 15.4. The van der Waals surface area contributed by atoms with Crippen LogP contribution in [-0.4, -0.2) is 42.5 Å². The SMILES string of the molecule is CCCC(C)(NCCN(CC)CC)C(N)=O. The Morgan fingerprint density at radius 1 is 1.31 bits per heavy atom. The molecule has 0 aromatic carbocycles. The van der Waals surface area contributed by atoms with Crippen LogP contribution in [0.5, 0.6) is 0 Å². The third kappa shape index (κ3) is 4.94. The molecule has 4 nitrogen and oxygen atoms in total. The van der Waals surface area contributed by atoms with Crippen molar-refractivity contribution in [3.8, 4) is 0 Å². The maximum absolute atomic E-state index is 11.4. The molecule has 0 aromatic heterocycles. The first-order valence-electron chi connectivity index (χ1n) is 6.27. The van der Waals surface area contributed by atoms with Gasteiger partial charge in [0.25, 0.3) is 0 Å². The fourth-order valence-electron chi connectivity index (χ4n) is 1.83. The van der Waals surface area contributed by atoms with Gasteiger partial charge in [-0.3, -0.25) is 4.79 Å². The fourth-order valence-corrected chi connectivity index (χ4v) is 1.83. The standard InChI is InChI=1S/C12H27N3O/c1-5-8-12(4,11(13)16)14-9-10-15(6-2)7-3/h14H,5-10H2,1-4H3,(H2,13,16). The van der Waals surface area contributed by atoms with E-state index in [4.69, 9.17) is 5.73 Å². The summed E-state index contributed by atoms with van der Waals surface area (Å²) in [6.45, 7) is 12.1. The zero-order valence-electron chi connectivity index (χ0n) is 11.2. The monoisotopic (exact) mass is 229 g/mol. The van der Waals surface area contributed by atoms with Crippen LogP contribution in [0, 0.1) is 0 Å². The molecule has 16 heavy (non-hydrogen) atoms. The molecule has 0 aliphatic carbocycles. The Hall–Kier alpha value is -0.610. The number of carbonyl (C=O) groups is 1. The van der Waals surface area contributed by atoms with Crippen LogP contribution in [0.1, 0.15) is 40.5 Å². The summed E-state index contributed by atoms with van der Waals surface area (Å²) < 4.78 is 0. The van der Waals surface area contributed by atoms with Gasteiger partial charge in [0, 0.05) is 13.1 Å². The normalized spacial score (nSPS) is 15.1. The van der Waals surface area contributed by atoms with Gasteiger partial charge in [-0.05, 0) is 26.4 Å². The molecule has 1 atom stereocenters. The lowest BCUT2D eigenvalue weighted by molar-refractivity contribution is -0.124. The van der Waals surface area contributed by atoms with Crippen LogP contribution in [0.3, 0.4) is 0 Å². The minimum atomic E-state index is -0.554. The van der Waals surface area contributed by atoms with Gasteiger partial charge in [0.2, 0.25) is 5.91 Å². The van der Waals surface area contributed by atoms with Crippen LogP contribution in [0.4, 0.5) is 0 Å². The summed E-state index contributed by atoms with van der Waals surface area (Å²) in [5.41, 5.74) is 4.87. The van der Waals surface area contributed by atoms with Gasteiger partial charge in [-0.15, -0.1) is 0 Å². The molecule has 0 radical (unpaired) electrons. The summed E-state index contributed by atoms with van der Waals surface area (Å²) in [5, 5.41) is 3.28. The highest BCUT2D eigenvalue weighted by Crippen LogP contribution is 2.10. The number of nitrogens with zero attached hydrogens (tertiary/aromatic N) is 1. The largest absolute Gasteiger partial charge is 0.368 e. The second kappa shape index (κ2) is 7.63. The molecule has 3 N–H and O–H groups in total. The van der Waals surface area contributed by atoms with Crippen molar-refractivity contribution in [2.45, 2.75) is 46.1 Å². The Bertz CT molecular complexity index is 204. The summed E-state index contributed by atoms with van der Waals surface area (Å²) in [6, 6.07) is 0. The molecule has 4 heteroatoms. The fraction of sp³-hybridized carbons (Fsp3) is 0.917. The minimum absolute atomic E-state index is 0.256. The smallest absolute Gasteiger partial charge is 0.237 e. The molecular formula is C12H27N3O. The van der Waals surface area contributed by atoms with Gasteiger partial charge >= 0.3 is 0 Å². The molecule has 0 rings (SSSR count). The van der Waals surface area contributed by atoms with Crippen LogP contribution in [0.25, 0.3) is 0 Å². The number of nitrogens with two attached hydrogens (primary N) is 1. The van der Waals surface area contributed by atoms with Crippen molar-refractivity contribution in [3.05, 3.63) is 0 Å². The molecular weight excluding hydrogens is 202 g/mol. The number of nitrogens with one attached hydrogen (secondary N) is 1. The van der Waals surface area contributed by atoms with Crippen molar-refractivity contribution in [1.29, 1.82) is 0 Å². The Morgan fingerprint density at radius 3 is 2.25 bits per heavy atom. The molecule has 0 saturated carbocycles. The average Bonchev–Trinajstić information content (AvgIpc) is 2.24. The number of carbonyl (C=O) groups excluding carboxylic acids is 1. The molecule has 1 unspecified atom stereocenters. The number of hydrogen-bond acceptors (Lipinski definition) is 3. The van der Waals surface area contributed by atoms with Crippen LogP contribution >= 0.6 is 0 Å². The molecule has 0 aliphatic rings. The van der Waals surface area contributed by atoms with Crippen molar-refractivity contribution >= 4 is 5.91 Å². The second-order valence-corrected chi connectivity index (χ2v) is 4.40. The summed E-state index contributed by atoms with van der Waals surface area (Å²) in [5.74, 6) is -0.256. The molecule has 0 heterocycles. The van der Waals surface area contributed by atoms with Crippen molar-refractivity contribution in [2.24, 2.45) is 5.73 Å². The van der Waals surface area contributed by atoms with E-state index >= 15 is 0 Å². The minimum Gasteiger partial charge on any atom is -0.368 e. The molecule has 0 saturated heterocycles. The number of likely N-dealkylation sites (N-methyl/N-ethyl adjacent to an activating group) is 1. The van der Waals surface area contributed by atoms with E-state index in [2.05, 4.69) is 31.0 Å². The molecule has 0 bridgehead atoms. The highest BCUT2D eigenvalue weighted by atomic mass is 16.1. The Morgan fingerprint density at radius 2 is 1.88 bits per heavy atom. The van der Waals surface area contributed by atoms with Crippen molar-refractivity contribution in [1.82, 2.24) is 10.2 Å². The molecule has 0 aromatic rings. The van der Waals surface area contributed by atoms with Crippen LogP contribution in [0.2, 0.25) is 0 Å². The summed E-state index contributed by atoms with van der Waals surface area (Å²) in [6.07, 6.45) is 1.75. The second-order valence-electron chi connectivity index (χ2n) is 4.40. The van der Waals surface area contributed by atoms with Crippen molar-refractivity contribution in [3.63, 3.8) is 0 Å². The maximum atomic E-state index is 11.4. The van der Waals surface area contributed by atoms with Crippen LogP contribution in [0.15, 0.2) is 0 Å². The topological polar surface area (TPSA) is 58.4 Å². The lowest BCUT2D eigenvalue weighted by atomic mass is 9.95. The third-order valence-corrected chi connectivity index (χ3v) is 3.13. The van der Waals surface area contributed by atoms with E-state index in [0.29, 0.717) is 0 Å². The quantitative estimate of drug-likeness (QED) is 0.619. The summed E-state index contributed by atoms with van der Waals surface area (Å²) >= 11 is 0. The van der Waals surface area contributed by atoms with E-state index in [1.165, 1.54) is 0 Å². The first-order valence-corrected chi connectivity index (χ1v) is 6.27. The average molecular weight is 229 g/mol. The summed E-state index contributed by atoms with van der Waals surface area (Å²) in [4.78, 5) is 13.7. The van der Waals surface area contributed by atoms with Gasteiger partial charge in [-0.25, -0.2) is 0 Å². The van der Waals surface area contributed by atoms with E-state index < -0.39 is 5.54 Å². The Balaban J connectivity index is 4.08. The lowest BCUT2D eigenvalue weighted by Crippen LogP contribution is -2.54. The molecule has 0 fully saturated rings. The number of amides is 1. The molecule has 1 amide bonds. The number of primary amides is 1.